The summed E-state index contributed by atoms with van der Waals surface area (Å²) >= 11 is 0. The SMILES string of the molecule is CCCn1nccc1C(O)c1cccc(OC(C)C)c1. The van der Waals surface area contributed by atoms with Crippen molar-refractivity contribution < 1.29 is 9.84 Å². The van der Waals surface area contributed by atoms with Crippen LogP contribution in [-0.2, 0) is 6.54 Å². The van der Waals surface area contributed by atoms with Crippen LogP contribution in [0.1, 0.15) is 44.6 Å². The first-order valence-electron chi connectivity index (χ1n) is 7.08. The van der Waals surface area contributed by atoms with Crippen LogP contribution in [-0.4, -0.2) is 21.0 Å². The van der Waals surface area contributed by atoms with Gasteiger partial charge in [-0.1, -0.05) is 19.1 Å². The first kappa shape index (κ1) is 14.6. The van der Waals surface area contributed by atoms with Gasteiger partial charge in [0.1, 0.15) is 11.9 Å². The van der Waals surface area contributed by atoms with E-state index >= 15 is 0 Å². The highest BCUT2D eigenvalue weighted by molar-refractivity contribution is 5.33. The number of aryl methyl sites for hydroxylation is 1. The van der Waals surface area contributed by atoms with Crippen molar-refractivity contribution in [2.24, 2.45) is 0 Å². The molecule has 1 aromatic heterocycles. The van der Waals surface area contributed by atoms with Crippen molar-refractivity contribution in [1.82, 2.24) is 9.78 Å². The van der Waals surface area contributed by atoms with Gasteiger partial charge in [0.05, 0.1) is 11.8 Å². The summed E-state index contributed by atoms with van der Waals surface area (Å²) in [6.45, 7) is 6.87. The largest absolute Gasteiger partial charge is 0.491 e. The number of benzene rings is 1. The molecule has 2 aromatic rings. The molecule has 0 aliphatic heterocycles. The minimum absolute atomic E-state index is 0.119. The number of aromatic nitrogens is 2. The highest BCUT2D eigenvalue weighted by Crippen LogP contribution is 2.25. The molecule has 0 saturated heterocycles. The van der Waals surface area contributed by atoms with E-state index in [4.69, 9.17) is 4.74 Å². The summed E-state index contributed by atoms with van der Waals surface area (Å²) in [6.07, 6.45) is 2.15. The minimum atomic E-state index is -0.681. The first-order chi connectivity index (χ1) is 9.61. The molecule has 0 fully saturated rings. The second-order valence-electron chi connectivity index (χ2n) is 5.12. The molecule has 2 rings (SSSR count). The van der Waals surface area contributed by atoms with Gasteiger partial charge in [0, 0.05) is 12.7 Å². The van der Waals surface area contributed by atoms with Crippen LogP contribution in [0.5, 0.6) is 5.75 Å². The number of hydrogen-bond acceptors (Lipinski definition) is 3. The van der Waals surface area contributed by atoms with E-state index in [1.807, 2.05) is 48.9 Å². The Morgan fingerprint density at radius 2 is 2.10 bits per heavy atom. The van der Waals surface area contributed by atoms with Gasteiger partial charge in [-0.05, 0) is 44.0 Å². The van der Waals surface area contributed by atoms with Gasteiger partial charge < -0.3 is 9.84 Å². The molecule has 0 spiro atoms. The number of rotatable bonds is 6. The van der Waals surface area contributed by atoms with Crippen molar-refractivity contribution in [2.45, 2.75) is 45.9 Å². The average molecular weight is 274 g/mol. The predicted octanol–water partition coefficient (Wildman–Crippen LogP) is 3.16. The number of aliphatic hydroxyl groups excluding tert-OH is 1. The molecule has 1 atom stereocenters. The molecule has 1 heterocycles. The minimum Gasteiger partial charge on any atom is -0.491 e. The highest BCUT2D eigenvalue weighted by Gasteiger charge is 2.15. The summed E-state index contributed by atoms with van der Waals surface area (Å²) in [4.78, 5) is 0. The summed E-state index contributed by atoms with van der Waals surface area (Å²) in [5.41, 5.74) is 1.63. The van der Waals surface area contributed by atoms with Gasteiger partial charge in [-0.15, -0.1) is 0 Å². The third kappa shape index (κ3) is 3.39. The first-order valence-corrected chi connectivity index (χ1v) is 7.08. The fourth-order valence-corrected chi connectivity index (χ4v) is 2.17. The maximum atomic E-state index is 10.5. The molecule has 20 heavy (non-hydrogen) atoms. The third-order valence-corrected chi connectivity index (χ3v) is 3.01. The van der Waals surface area contributed by atoms with E-state index in [0.717, 1.165) is 30.0 Å². The fraction of sp³-hybridized carbons (Fsp3) is 0.438. The third-order valence-electron chi connectivity index (χ3n) is 3.01. The molecular formula is C16H22N2O2. The smallest absolute Gasteiger partial charge is 0.121 e. The van der Waals surface area contributed by atoms with E-state index in [1.54, 1.807) is 6.20 Å². The Bertz CT molecular complexity index is 549. The van der Waals surface area contributed by atoms with Crippen molar-refractivity contribution in [1.29, 1.82) is 0 Å². The Morgan fingerprint density at radius 3 is 2.80 bits per heavy atom. The lowest BCUT2D eigenvalue weighted by molar-refractivity contribution is 0.205. The molecular weight excluding hydrogens is 252 g/mol. The maximum absolute atomic E-state index is 10.5. The molecule has 1 unspecified atom stereocenters. The van der Waals surface area contributed by atoms with Gasteiger partial charge in [0.2, 0.25) is 0 Å². The van der Waals surface area contributed by atoms with Crippen LogP contribution in [0.25, 0.3) is 0 Å². The van der Waals surface area contributed by atoms with Gasteiger partial charge >= 0.3 is 0 Å². The summed E-state index contributed by atoms with van der Waals surface area (Å²) in [7, 11) is 0. The predicted molar refractivity (Wildman–Crippen MR) is 78.8 cm³/mol. The van der Waals surface area contributed by atoms with Crippen molar-refractivity contribution in [3.8, 4) is 5.75 Å². The van der Waals surface area contributed by atoms with Gasteiger partial charge in [0.25, 0.3) is 0 Å². The molecule has 1 N–H and O–H groups in total. The Labute approximate surface area is 120 Å². The molecule has 0 saturated carbocycles. The molecule has 0 radical (unpaired) electrons. The second kappa shape index (κ2) is 6.57. The van der Waals surface area contributed by atoms with E-state index in [2.05, 4.69) is 12.0 Å². The highest BCUT2D eigenvalue weighted by atomic mass is 16.5. The number of aliphatic hydroxyl groups is 1. The number of ether oxygens (including phenoxy) is 1. The molecule has 4 heteroatoms. The van der Waals surface area contributed by atoms with E-state index in [0.29, 0.717) is 0 Å². The maximum Gasteiger partial charge on any atom is 0.121 e. The molecule has 108 valence electrons. The average Bonchev–Trinajstić information content (AvgIpc) is 2.86. The monoisotopic (exact) mass is 274 g/mol. The normalized spacial score (nSPS) is 12.7. The number of nitrogens with zero attached hydrogens (tertiary/aromatic N) is 2. The van der Waals surface area contributed by atoms with Crippen LogP contribution < -0.4 is 4.74 Å². The van der Waals surface area contributed by atoms with Gasteiger partial charge in [-0.25, -0.2) is 0 Å². The summed E-state index contributed by atoms with van der Waals surface area (Å²) < 4.78 is 7.51. The zero-order valence-corrected chi connectivity index (χ0v) is 12.3. The molecule has 4 nitrogen and oxygen atoms in total. The lowest BCUT2D eigenvalue weighted by Gasteiger charge is -2.15. The number of hydrogen-bond donors (Lipinski definition) is 1. The van der Waals surface area contributed by atoms with Crippen LogP contribution in [0, 0.1) is 0 Å². The lowest BCUT2D eigenvalue weighted by Crippen LogP contribution is -2.11. The molecule has 0 amide bonds. The van der Waals surface area contributed by atoms with E-state index in [1.165, 1.54) is 0 Å². The van der Waals surface area contributed by atoms with Crippen LogP contribution in [0.3, 0.4) is 0 Å². The fourth-order valence-electron chi connectivity index (χ4n) is 2.17. The standard InChI is InChI=1S/C16H22N2O2/c1-4-10-18-15(8-9-17-18)16(19)13-6-5-7-14(11-13)20-12(2)3/h5-9,11-12,16,19H,4,10H2,1-3H3. The molecule has 1 aromatic carbocycles. The van der Waals surface area contributed by atoms with Crippen molar-refractivity contribution in [3.05, 3.63) is 47.8 Å². The molecule has 0 aliphatic carbocycles. The van der Waals surface area contributed by atoms with Crippen LogP contribution in [0.15, 0.2) is 36.5 Å². The Kier molecular flexibility index (Phi) is 4.79. The topological polar surface area (TPSA) is 47.3 Å². The van der Waals surface area contributed by atoms with Crippen molar-refractivity contribution >= 4 is 0 Å². The zero-order chi connectivity index (χ0) is 14.5. The van der Waals surface area contributed by atoms with Crippen molar-refractivity contribution in [2.75, 3.05) is 0 Å². The quantitative estimate of drug-likeness (QED) is 0.880. The summed E-state index contributed by atoms with van der Waals surface area (Å²) in [5.74, 6) is 0.776. The van der Waals surface area contributed by atoms with Gasteiger partial charge in [0.15, 0.2) is 0 Å². The lowest BCUT2D eigenvalue weighted by atomic mass is 10.1. The second-order valence-corrected chi connectivity index (χ2v) is 5.12. The van der Waals surface area contributed by atoms with Gasteiger partial charge in [-0.2, -0.15) is 5.10 Å². The van der Waals surface area contributed by atoms with E-state index < -0.39 is 6.10 Å². The van der Waals surface area contributed by atoms with Crippen LogP contribution in [0.4, 0.5) is 0 Å². The molecule has 0 bridgehead atoms. The zero-order valence-electron chi connectivity index (χ0n) is 12.3. The van der Waals surface area contributed by atoms with Gasteiger partial charge in [-0.3, -0.25) is 4.68 Å². The van der Waals surface area contributed by atoms with Crippen LogP contribution in [0.2, 0.25) is 0 Å². The molecule has 0 aliphatic rings. The summed E-state index contributed by atoms with van der Waals surface area (Å²) in [6, 6.07) is 9.45. The van der Waals surface area contributed by atoms with E-state index in [-0.39, 0.29) is 6.10 Å². The van der Waals surface area contributed by atoms with Crippen molar-refractivity contribution in [3.63, 3.8) is 0 Å². The summed E-state index contributed by atoms with van der Waals surface area (Å²) in [5, 5.41) is 14.8. The Balaban J connectivity index is 2.23. The Hall–Kier alpha value is -1.81. The van der Waals surface area contributed by atoms with E-state index in [9.17, 15) is 5.11 Å². The van der Waals surface area contributed by atoms with Crippen LogP contribution >= 0.6 is 0 Å². The Morgan fingerprint density at radius 1 is 1.30 bits per heavy atom.